The van der Waals surface area contributed by atoms with Crippen molar-refractivity contribution in [2.45, 2.75) is 25.0 Å². The van der Waals surface area contributed by atoms with E-state index < -0.39 is 17.6 Å². The Bertz CT molecular complexity index is 438. The molecule has 0 bridgehead atoms. The highest BCUT2D eigenvalue weighted by atomic mass is 32.2. The maximum atomic E-state index is 13.3. The van der Waals surface area contributed by atoms with Gasteiger partial charge in [-0.3, -0.25) is 4.79 Å². The first-order chi connectivity index (χ1) is 8.52. The molecule has 0 unspecified atom stereocenters. The fourth-order valence-corrected chi connectivity index (χ4v) is 3.32. The summed E-state index contributed by atoms with van der Waals surface area (Å²) < 4.78 is 26.7. The standard InChI is InChI=1S/C13H14F2O2S/c14-10-2-1-3-11(15)9(10)7-18-8-13(4-5-13)6-12(16)17/h1-3H,4-8H2,(H,16,17). The first-order valence-electron chi connectivity index (χ1n) is 5.75. The summed E-state index contributed by atoms with van der Waals surface area (Å²) in [6.07, 6.45) is 1.94. The lowest BCUT2D eigenvalue weighted by molar-refractivity contribution is -0.138. The highest BCUT2D eigenvalue weighted by molar-refractivity contribution is 7.98. The highest BCUT2D eigenvalue weighted by Gasteiger charge is 2.44. The first-order valence-corrected chi connectivity index (χ1v) is 6.90. The van der Waals surface area contributed by atoms with Crippen LogP contribution < -0.4 is 0 Å². The topological polar surface area (TPSA) is 37.3 Å². The van der Waals surface area contributed by atoms with Gasteiger partial charge in [0.1, 0.15) is 11.6 Å². The molecule has 1 fully saturated rings. The lowest BCUT2D eigenvalue weighted by Gasteiger charge is -2.12. The van der Waals surface area contributed by atoms with Gasteiger partial charge in [0.2, 0.25) is 0 Å². The zero-order valence-electron chi connectivity index (χ0n) is 9.79. The summed E-state index contributed by atoms with van der Waals surface area (Å²) in [6, 6.07) is 3.82. The summed E-state index contributed by atoms with van der Waals surface area (Å²) in [5.74, 6) is -0.978. The first kappa shape index (κ1) is 13.3. The van der Waals surface area contributed by atoms with Crippen LogP contribution in [-0.4, -0.2) is 16.8 Å². The van der Waals surface area contributed by atoms with Gasteiger partial charge in [-0.15, -0.1) is 0 Å². The molecule has 0 aliphatic heterocycles. The van der Waals surface area contributed by atoms with E-state index in [1.165, 1.54) is 30.0 Å². The maximum Gasteiger partial charge on any atom is 0.303 e. The van der Waals surface area contributed by atoms with Gasteiger partial charge in [0.15, 0.2) is 0 Å². The van der Waals surface area contributed by atoms with Gasteiger partial charge in [-0.25, -0.2) is 8.78 Å². The summed E-state index contributed by atoms with van der Waals surface area (Å²) >= 11 is 1.40. The lowest BCUT2D eigenvalue weighted by Crippen LogP contribution is -2.11. The van der Waals surface area contributed by atoms with Crippen LogP contribution in [0.3, 0.4) is 0 Å². The minimum absolute atomic E-state index is 0.0774. The van der Waals surface area contributed by atoms with Crippen LogP contribution in [0, 0.1) is 17.0 Å². The number of carboxylic acid groups (broad SMARTS) is 1. The second kappa shape index (κ2) is 5.26. The number of hydrogen-bond acceptors (Lipinski definition) is 2. The van der Waals surface area contributed by atoms with Gasteiger partial charge in [-0.2, -0.15) is 11.8 Å². The number of carbonyl (C=O) groups is 1. The smallest absolute Gasteiger partial charge is 0.303 e. The number of rotatable bonds is 6. The monoisotopic (exact) mass is 272 g/mol. The van der Waals surface area contributed by atoms with Gasteiger partial charge in [-0.05, 0) is 36.1 Å². The van der Waals surface area contributed by atoms with Crippen molar-refractivity contribution in [1.82, 2.24) is 0 Å². The number of aliphatic carboxylic acids is 1. The zero-order valence-corrected chi connectivity index (χ0v) is 10.6. The fourth-order valence-electron chi connectivity index (χ4n) is 1.91. The largest absolute Gasteiger partial charge is 0.481 e. The minimum Gasteiger partial charge on any atom is -0.481 e. The third kappa shape index (κ3) is 3.22. The third-order valence-electron chi connectivity index (χ3n) is 3.20. The predicted octanol–water partition coefficient (Wildman–Crippen LogP) is 3.45. The van der Waals surface area contributed by atoms with Gasteiger partial charge in [0, 0.05) is 11.3 Å². The molecule has 1 aromatic rings. The molecule has 18 heavy (non-hydrogen) atoms. The summed E-state index contributed by atoms with van der Waals surface area (Å²) in [6.45, 7) is 0. The maximum absolute atomic E-state index is 13.3. The van der Waals surface area contributed by atoms with Crippen LogP contribution in [0.25, 0.3) is 0 Å². The second-order valence-corrected chi connectivity index (χ2v) is 5.75. The summed E-state index contributed by atoms with van der Waals surface area (Å²) in [4.78, 5) is 10.7. The van der Waals surface area contributed by atoms with Gasteiger partial charge in [0.25, 0.3) is 0 Å². The van der Waals surface area contributed by atoms with Crippen LogP contribution in [0.5, 0.6) is 0 Å². The Morgan fingerprint density at radius 2 is 1.94 bits per heavy atom. The van der Waals surface area contributed by atoms with Gasteiger partial charge in [-0.1, -0.05) is 6.07 Å². The van der Waals surface area contributed by atoms with Gasteiger partial charge in [0.05, 0.1) is 6.42 Å². The van der Waals surface area contributed by atoms with E-state index in [9.17, 15) is 13.6 Å². The average molecular weight is 272 g/mol. The molecule has 1 aliphatic rings. The Morgan fingerprint density at radius 1 is 1.33 bits per heavy atom. The Hall–Kier alpha value is -1.10. The van der Waals surface area contributed by atoms with E-state index in [1.807, 2.05) is 0 Å². The molecule has 0 heterocycles. The van der Waals surface area contributed by atoms with E-state index in [1.54, 1.807) is 0 Å². The minimum atomic E-state index is -0.801. The van der Waals surface area contributed by atoms with Crippen molar-refractivity contribution in [1.29, 1.82) is 0 Å². The molecule has 1 N–H and O–H groups in total. The van der Waals surface area contributed by atoms with E-state index in [-0.39, 0.29) is 23.2 Å². The Labute approximate surface area is 108 Å². The van der Waals surface area contributed by atoms with Crippen LogP contribution in [0.2, 0.25) is 0 Å². The molecule has 1 saturated carbocycles. The predicted molar refractivity (Wildman–Crippen MR) is 66.4 cm³/mol. The molecule has 0 amide bonds. The number of benzene rings is 1. The average Bonchev–Trinajstić information content (AvgIpc) is 3.02. The molecule has 2 nitrogen and oxygen atoms in total. The molecule has 1 aliphatic carbocycles. The molecule has 0 saturated heterocycles. The highest BCUT2D eigenvalue weighted by Crippen LogP contribution is 2.51. The summed E-state index contributed by atoms with van der Waals surface area (Å²) in [5.41, 5.74) is -0.0632. The van der Waals surface area contributed by atoms with Crippen molar-refractivity contribution < 1.29 is 18.7 Å². The van der Waals surface area contributed by atoms with E-state index in [2.05, 4.69) is 0 Å². The molecular formula is C13H14F2O2S. The van der Waals surface area contributed by atoms with Crippen molar-refractivity contribution in [2.75, 3.05) is 5.75 Å². The SMILES string of the molecule is O=C(O)CC1(CSCc2c(F)cccc2F)CC1. The van der Waals surface area contributed by atoms with Crippen molar-refractivity contribution in [3.8, 4) is 0 Å². The molecular weight excluding hydrogens is 258 g/mol. The van der Waals surface area contributed by atoms with Gasteiger partial charge >= 0.3 is 5.97 Å². The lowest BCUT2D eigenvalue weighted by atomic mass is 10.1. The zero-order chi connectivity index (χ0) is 13.2. The van der Waals surface area contributed by atoms with Crippen LogP contribution in [0.1, 0.15) is 24.8 Å². The van der Waals surface area contributed by atoms with E-state index in [4.69, 9.17) is 5.11 Å². The van der Waals surface area contributed by atoms with Crippen molar-refractivity contribution in [3.63, 3.8) is 0 Å². The van der Waals surface area contributed by atoms with Crippen molar-refractivity contribution >= 4 is 17.7 Å². The molecule has 0 spiro atoms. The number of carboxylic acids is 1. The second-order valence-electron chi connectivity index (χ2n) is 4.76. The van der Waals surface area contributed by atoms with E-state index >= 15 is 0 Å². The van der Waals surface area contributed by atoms with Crippen LogP contribution >= 0.6 is 11.8 Å². The number of thioether (sulfide) groups is 1. The Morgan fingerprint density at radius 3 is 2.44 bits per heavy atom. The Kier molecular flexibility index (Phi) is 3.90. The number of halogens is 2. The van der Waals surface area contributed by atoms with Crippen molar-refractivity contribution in [3.05, 3.63) is 35.4 Å². The normalized spacial score (nSPS) is 16.6. The quantitative estimate of drug-likeness (QED) is 0.861. The van der Waals surface area contributed by atoms with E-state index in [0.717, 1.165) is 12.8 Å². The molecule has 1 aromatic carbocycles. The molecule has 98 valence electrons. The van der Waals surface area contributed by atoms with Crippen molar-refractivity contribution in [2.24, 2.45) is 5.41 Å². The Balaban J connectivity index is 1.87. The van der Waals surface area contributed by atoms with Crippen LogP contribution in [0.4, 0.5) is 8.78 Å². The fraction of sp³-hybridized carbons (Fsp3) is 0.462. The molecule has 5 heteroatoms. The summed E-state index contributed by atoms with van der Waals surface area (Å²) in [5, 5.41) is 8.76. The molecule has 0 atom stereocenters. The van der Waals surface area contributed by atoms with Crippen LogP contribution in [-0.2, 0) is 10.5 Å². The van der Waals surface area contributed by atoms with Crippen LogP contribution in [0.15, 0.2) is 18.2 Å². The van der Waals surface area contributed by atoms with Gasteiger partial charge < -0.3 is 5.11 Å². The summed E-state index contributed by atoms with van der Waals surface area (Å²) in [7, 11) is 0. The van der Waals surface area contributed by atoms with E-state index in [0.29, 0.717) is 5.75 Å². The molecule has 2 rings (SSSR count). The third-order valence-corrected chi connectivity index (χ3v) is 4.51. The number of hydrogen-bond donors (Lipinski definition) is 1. The molecule has 0 radical (unpaired) electrons. The molecule has 0 aromatic heterocycles.